The molecule has 0 radical (unpaired) electrons. The van der Waals surface area contributed by atoms with Gasteiger partial charge in [-0.05, 0) is 48.9 Å². The second-order valence-electron chi connectivity index (χ2n) is 7.56. The van der Waals surface area contributed by atoms with E-state index in [1.165, 1.54) is 12.1 Å². The quantitative estimate of drug-likeness (QED) is 0.204. The lowest BCUT2D eigenvalue weighted by molar-refractivity contribution is 0.100. The fraction of sp³-hybridized carbons (Fsp3) is 0.364. The Hall–Kier alpha value is -2.55. The van der Waals surface area contributed by atoms with E-state index in [0.29, 0.717) is 17.1 Å². The number of aliphatic imine (C=N–C) groups is 1. The molecule has 0 aromatic heterocycles. The molecule has 0 saturated carbocycles. The average molecular weight is 482 g/mol. The van der Waals surface area contributed by atoms with E-state index in [1.54, 1.807) is 31.3 Å². The highest BCUT2D eigenvalue weighted by Gasteiger charge is 2.20. The molecule has 0 aliphatic carbocycles. The van der Waals surface area contributed by atoms with Gasteiger partial charge in [0.2, 0.25) is 5.96 Å². The van der Waals surface area contributed by atoms with Crippen LogP contribution in [0.15, 0.2) is 52.6 Å². The van der Waals surface area contributed by atoms with Gasteiger partial charge in [-0.2, -0.15) is 9.90 Å². The van der Waals surface area contributed by atoms with Crippen LogP contribution < -0.4 is 16.0 Å². The van der Waals surface area contributed by atoms with E-state index >= 15 is 0 Å². The summed E-state index contributed by atoms with van der Waals surface area (Å²) < 4.78 is 13.7. The first-order chi connectivity index (χ1) is 15.2. The van der Waals surface area contributed by atoms with Gasteiger partial charge in [-0.3, -0.25) is 4.79 Å². The molecule has 3 N–H and O–H groups in total. The number of benzene rings is 2. The van der Waals surface area contributed by atoms with Gasteiger partial charge < -0.3 is 16.0 Å². The Kier molecular flexibility index (Phi) is 10.0. The van der Waals surface area contributed by atoms with E-state index in [0.717, 1.165) is 6.07 Å². The van der Waals surface area contributed by atoms with Crippen molar-refractivity contribution in [2.75, 3.05) is 13.6 Å². The molecule has 10 heteroatoms. The van der Waals surface area contributed by atoms with Gasteiger partial charge in [-0.25, -0.2) is 4.39 Å². The molecule has 0 saturated heterocycles. The van der Waals surface area contributed by atoms with Crippen LogP contribution in [-0.4, -0.2) is 31.6 Å². The number of rotatable bonds is 9. The van der Waals surface area contributed by atoms with Crippen molar-refractivity contribution in [3.63, 3.8) is 0 Å². The Bertz CT molecular complexity index is 954. The van der Waals surface area contributed by atoms with E-state index in [4.69, 9.17) is 23.2 Å². The SMILES string of the molecule is CNC(CC(N=O)c1ccc(Cl)cc1)N/C(=N\C(=O)c1ccc(Cl)c(F)c1)NCC(C)C. The van der Waals surface area contributed by atoms with E-state index in [-0.39, 0.29) is 28.9 Å². The molecular weight excluding hydrogens is 456 g/mol. The lowest BCUT2D eigenvalue weighted by Crippen LogP contribution is -2.50. The van der Waals surface area contributed by atoms with Crippen LogP contribution >= 0.6 is 23.2 Å². The summed E-state index contributed by atoms with van der Waals surface area (Å²) in [7, 11) is 1.71. The Labute approximate surface area is 196 Å². The fourth-order valence-electron chi connectivity index (χ4n) is 2.78. The summed E-state index contributed by atoms with van der Waals surface area (Å²) in [6, 6.07) is 9.96. The first-order valence-corrected chi connectivity index (χ1v) is 10.8. The van der Waals surface area contributed by atoms with Gasteiger partial charge in [0.05, 0.1) is 11.2 Å². The summed E-state index contributed by atoms with van der Waals surface area (Å²) in [6.45, 7) is 4.55. The zero-order valence-electron chi connectivity index (χ0n) is 18.0. The standard InChI is InChI=1S/C22H26Cl2FN5O2/c1-13(2)12-27-22(29-21(31)15-6-9-17(24)18(25)10-15)28-20(26-3)11-19(30-32)14-4-7-16(23)8-5-14/h4-10,13,19-20,26H,11-12H2,1-3H3,(H2,27,28,29,31). The fourth-order valence-corrected chi connectivity index (χ4v) is 3.02. The first kappa shape index (κ1) is 25.7. The Morgan fingerprint density at radius 3 is 2.38 bits per heavy atom. The van der Waals surface area contributed by atoms with Crippen molar-refractivity contribution in [1.29, 1.82) is 0 Å². The molecule has 2 aromatic carbocycles. The van der Waals surface area contributed by atoms with Crippen LogP contribution in [0, 0.1) is 16.6 Å². The number of amides is 1. The predicted octanol–water partition coefficient (Wildman–Crippen LogP) is 4.91. The maximum atomic E-state index is 13.7. The summed E-state index contributed by atoms with van der Waals surface area (Å²) in [5, 5.41) is 12.9. The number of guanidine groups is 1. The van der Waals surface area contributed by atoms with Gasteiger partial charge in [0.25, 0.3) is 5.91 Å². The largest absolute Gasteiger partial charge is 0.356 e. The molecule has 7 nitrogen and oxygen atoms in total. The second kappa shape index (κ2) is 12.5. The number of hydrogen-bond acceptors (Lipinski definition) is 4. The third kappa shape index (κ3) is 7.85. The molecule has 0 aliphatic heterocycles. The Balaban J connectivity index is 2.21. The summed E-state index contributed by atoms with van der Waals surface area (Å²) in [5.74, 6) is -0.874. The summed E-state index contributed by atoms with van der Waals surface area (Å²) >= 11 is 11.6. The van der Waals surface area contributed by atoms with Gasteiger partial charge in [-0.1, -0.05) is 54.4 Å². The van der Waals surface area contributed by atoms with E-state index in [9.17, 15) is 14.1 Å². The minimum atomic E-state index is -0.701. The third-order valence-corrected chi connectivity index (χ3v) is 5.12. The van der Waals surface area contributed by atoms with Crippen molar-refractivity contribution in [2.45, 2.75) is 32.5 Å². The van der Waals surface area contributed by atoms with Crippen LogP contribution in [0.2, 0.25) is 10.0 Å². The molecule has 172 valence electrons. The lowest BCUT2D eigenvalue weighted by Gasteiger charge is -2.23. The monoisotopic (exact) mass is 481 g/mol. The van der Waals surface area contributed by atoms with E-state index in [1.807, 2.05) is 13.8 Å². The molecule has 2 unspecified atom stereocenters. The van der Waals surface area contributed by atoms with Crippen LogP contribution in [0.25, 0.3) is 0 Å². The highest BCUT2D eigenvalue weighted by molar-refractivity contribution is 6.31. The molecule has 2 atom stereocenters. The van der Waals surface area contributed by atoms with Gasteiger partial charge in [-0.15, -0.1) is 0 Å². The van der Waals surface area contributed by atoms with Crippen molar-refractivity contribution in [2.24, 2.45) is 16.1 Å². The number of carbonyl (C=O) groups excluding carboxylic acids is 1. The highest BCUT2D eigenvalue weighted by atomic mass is 35.5. The van der Waals surface area contributed by atoms with Crippen molar-refractivity contribution in [3.8, 4) is 0 Å². The van der Waals surface area contributed by atoms with Gasteiger partial charge in [0.1, 0.15) is 11.9 Å². The predicted molar refractivity (Wildman–Crippen MR) is 127 cm³/mol. The maximum absolute atomic E-state index is 13.7. The number of nitrogens with one attached hydrogen (secondary N) is 3. The molecule has 32 heavy (non-hydrogen) atoms. The molecule has 0 fully saturated rings. The second-order valence-corrected chi connectivity index (χ2v) is 8.41. The van der Waals surface area contributed by atoms with Crippen molar-refractivity contribution >= 4 is 35.1 Å². The summed E-state index contributed by atoms with van der Waals surface area (Å²) in [5.41, 5.74) is 0.778. The zero-order chi connectivity index (χ0) is 23.7. The number of halogens is 3. The van der Waals surface area contributed by atoms with Crippen LogP contribution in [-0.2, 0) is 0 Å². The molecule has 2 aromatic rings. The number of carbonyl (C=O) groups is 1. The molecular formula is C22H26Cl2FN5O2. The Morgan fingerprint density at radius 2 is 1.81 bits per heavy atom. The van der Waals surface area contributed by atoms with Crippen LogP contribution in [0.5, 0.6) is 0 Å². The zero-order valence-corrected chi connectivity index (χ0v) is 19.5. The van der Waals surface area contributed by atoms with Crippen LogP contribution in [0.4, 0.5) is 4.39 Å². The van der Waals surface area contributed by atoms with Crippen molar-refractivity contribution < 1.29 is 9.18 Å². The smallest absolute Gasteiger partial charge is 0.280 e. The Morgan fingerprint density at radius 1 is 1.12 bits per heavy atom. The molecule has 2 rings (SSSR count). The molecule has 1 amide bonds. The van der Waals surface area contributed by atoms with E-state index in [2.05, 4.69) is 26.1 Å². The van der Waals surface area contributed by atoms with Crippen molar-refractivity contribution in [1.82, 2.24) is 16.0 Å². The van der Waals surface area contributed by atoms with Crippen LogP contribution in [0.1, 0.15) is 42.2 Å². The number of nitroso groups, excluding NO2 is 1. The third-order valence-electron chi connectivity index (χ3n) is 4.56. The van der Waals surface area contributed by atoms with Crippen LogP contribution in [0.3, 0.4) is 0 Å². The minimum absolute atomic E-state index is 0.0622. The van der Waals surface area contributed by atoms with Crippen molar-refractivity contribution in [3.05, 3.63) is 74.4 Å². The first-order valence-electron chi connectivity index (χ1n) is 10.1. The summed E-state index contributed by atoms with van der Waals surface area (Å²) in [6.07, 6.45) is -0.158. The van der Waals surface area contributed by atoms with Gasteiger partial charge in [0, 0.05) is 23.6 Å². The van der Waals surface area contributed by atoms with Gasteiger partial charge >= 0.3 is 0 Å². The highest BCUT2D eigenvalue weighted by Crippen LogP contribution is 2.23. The average Bonchev–Trinajstić information content (AvgIpc) is 2.77. The summed E-state index contributed by atoms with van der Waals surface area (Å²) in [4.78, 5) is 28.1. The molecule has 0 bridgehead atoms. The number of nitrogens with zero attached hydrogens (tertiary/aromatic N) is 2. The normalized spacial score (nSPS) is 13.5. The minimum Gasteiger partial charge on any atom is -0.356 e. The molecule has 0 spiro atoms. The topological polar surface area (TPSA) is 94.9 Å². The molecule has 0 heterocycles. The number of hydrogen-bond donors (Lipinski definition) is 3. The van der Waals surface area contributed by atoms with Gasteiger partial charge in [0.15, 0.2) is 0 Å². The lowest BCUT2D eigenvalue weighted by atomic mass is 10.0. The maximum Gasteiger partial charge on any atom is 0.280 e. The molecule has 0 aliphatic rings. The van der Waals surface area contributed by atoms with E-state index < -0.39 is 23.9 Å².